The molecule has 0 atom stereocenters. The summed E-state index contributed by atoms with van der Waals surface area (Å²) in [7, 11) is -5.51. The molecule has 1 aromatic heterocycles. The topological polar surface area (TPSA) is 127 Å². The maximum atomic E-state index is 15.0. The monoisotopic (exact) mass is 660 g/mol. The fourth-order valence-corrected chi connectivity index (χ4v) is 6.05. The predicted molar refractivity (Wildman–Crippen MR) is 162 cm³/mol. The van der Waals surface area contributed by atoms with E-state index >= 15 is 4.39 Å². The van der Waals surface area contributed by atoms with Crippen molar-refractivity contribution < 1.29 is 35.6 Å². The number of amidine groups is 1. The van der Waals surface area contributed by atoms with Crippen molar-refractivity contribution in [2.45, 2.75) is 37.1 Å². The van der Waals surface area contributed by atoms with Gasteiger partial charge in [-0.05, 0) is 72.5 Å². The minimum Gasteiger partial charge on any atom is -0.303 e. The normalized spacial score (nSPS) is 14.9. The highest BCUT2D eigenvalue weighted by atomic mass is 32.2. The molecule has 0 saturated carbocycles. The molecule has 4 aromatic rings. The van der Waals surface area contributed by atoms with Gasteiger partial charge in [0.1, 0.15) is 12.1 Å². The summed E-state index contributed by atoms with van der Waals surface area (Å²) in [5.74, 6) is -0.813. The van der Waals surface area contributed by atoms with Crippen LogP contribution in [-0.4, -0.2) is 51.5 Å². The average molecular weight is 661 g/mol. The molecule has 0 aliphatic carbocycles. The number of urea groups is 1. The van der Waals surface area contributed by atoms with Crippen molar-refractivity contribution in [3.63, 3.8) is 0 Å². The van der Waals surface area contributed by atoms with Crippen molar-refractivity contribution in [1.82, 2.24) is 14.8 Å². The summed E-state index contributed by atoms with van der Waals surface area (Å²) in [6, 6.07) is 12.5. The van der Waals surface area contributed by atoms with Crippen LogP contribution in [0.5, 0.6) is 0 Å². The average Bonchev–Trinajstić information content (AvgIpc) is 3.60. The number of nitrogens with zero attached hydrogens (tertiary/aromatic N) is 5. The molecule has 3 aromatic carbocycles. The van der Waals surface area contributed by atoms with Crippen molar-refractivity contribution >= 4 is 50.1 Å². The highest BCUT2D eigenvalue weighted by molar-refractivity contribution is 8.15. The SMILES string of the molecule is Cc1ccc(C(C)C)c(N2C(=O)CSC2=NC(=O)Nc2ccc(-c3ncn(-c4ccc(S(=O)(=O)C(F)(F)F)cc4)n3)cc2F)c1. The first-order chi connectivity index (χ1) is 21.2. The molecule has 1 aliphatic rings. The van der Waals surface area contributed by atoms with Crippen LogP contribution in [-0.2, 0) is 14.6 Å². The van der Waals surface area contributed by atoms with Crippen molar-refractivity contribution in [3.05, 3.63) is 83.9 Å². The summed E-state index contributed by atoms with van der Waals surface area (Å²) in [4.78, 5) is 34.2. The molecule has 0 spiro atoms. The number of amides is 3. The lowest BCUT2D eigenvalue weighted by atomic mass is 9.99. The third-order valence-corrected chi connectivity index (χ3v) is 9.11. The van der Waals surface area contributed by atoms with E-state index in [9.17, 15) is 31.2 Å². The van der Waals surface area contributed by atoms with E-state index in [-0.39, 0.29) is 45.5 Å². The second-order valence-corrected chi connectivity index (χ2v) is 13.1. The van der Waals surface area contributed by atoms with E-state index in [0.29, 0.717) is 5.69 Å². The van der Waals surface area contributed by atoms with E-state index in [1.54, 1.807) is 0 Å². The number of carbonyl (C=O) groups is 2. The van der Waals surface area contributed by atoms with Gasteiger partial charge in [0.2, 0.25) is 5.91 Å². The van der Waals surface area contributed by atoms with Crippen LogP contribution in [0.2, 0.25) is 0 Å². The first-order valence-corrected chi connectivity index (χ1v) is 15.7. The smallest absolute Gasteiger partial charge is 0.303 e. The molecule has 234 valence electrons. The number of aliphatic imine (C=N–C) groups is 1. The van der Waals surface area contributed by atoms with E-state index in [1.165, 1.54) is 28.0 Å². The molecule has 1 fully saturated rings. The largest absolute Gasteiger partial charge is 0.501 e. The molecule has 16 heteroatoms. The summed E-state index contributed by atoms with van der Waals surface area (Å²) in [6.45, 7) is 5.88. The lowest BCUT2D eigenvalue weighted by molar-refractivity contribution is -0.115. The van der Waals surface area contributed by atoms with Gasteiger partial charge in [-0.2, -0.15) is 18.2 Å². The Bertz CT molecular complexity index is 1940. The fraction of sp³-hybridized carbons (Fsp3) is 0.207. The Morgan fingerprint density at radius 2 is 1.78 bits per heavy atom. The molecule has 5 rings (SSSR count). The molecular formula is C29H24F4N6O4S2. The molecule has 1 N–H and O–H groups in total. The first kappa shape index (κ1) is 31.8. The van der Waals surface area contributed by atoms with Crippen LogP contribution < -0.4 is 10.2 Å². The number of halogens is 4. The minimum absolute atomic E-state index is 0.0506. The molecule has 10 nitrogen and oxygen atoms in total. The van der Waals surface area contributed by atoms with E-state index in [0.717, 1.165) is 53.2 Å². The van der Waals surface area contributed by atoms with E-state index in [2.05, 4.69) is 20.4 Å². The molecule has 1 saturated heterocycles. The van der Waals surface area contributed by atoms with Gasteiger partial charge in [-0.1, -0.05) is 37.7 Å². The van der Waals surface area contributed by atoms with Crippen LogP contribution in [0.15, 0.2) is 76.9 Å². The summed E-state index contributed by atoms with van der Waals surface area (Å²) in [5.41, 5.74) is -2.72. The number of rotatable bonds is 6. The van der Waals surface area contributed by atoms with Crippen LogP contribution in [0.3, 0.4) is 0 Å². The lowest BCUT2D eigenvalue weighted by Gasteiger charge is -2.22. The number of hydrogen-bond acceptors (Lipinski definition) is 7. The Morgan fingerprint density at radius 1 is 1.07 bits per heavy atom. The summed E-state index contributed by atoms with van der Waals surface area (Å²) < 4.78 is 77.8. The first-order valence-electron chi connectivity index (χ1n) is 13.2. The molecule has 0 unspecified atom stereocenters. The maximum Gasteiger partial charge on any atom is 0.501 e. The number of anilines is 2. The predicted octanol–water partition coefficient (Wildman–Crippen LogP) is 6.47. The zero-order chi connectivity index (χ0) is 32.7. The number of sulfone groups is 1. The van der Waals surface area contributed by atoms with Crippen LogP contribution in [0, 0.1) is 12.7 Å². The quantitative estimate of drug-likeness (QED) is 0.235. The summed E-state index contributed by atoms with van der Waals surface area (Å²) >= 11 is 1.10. The number of carbonyl (C=O) groups excluding carboxylic acids is 2. The Labute approximate surface area is 259 Å². The van der Waals surface area contributed by atoms with Gasteiger partial charge in [-0.25, -0.2) is 27.3 Å². The van der Waals surface area contributed by atoms with Crippen LogP contribution in [0.4, 0.5) is 33.7 Å². The van der Waals surface area contributed by atoms with Gasteiger partial charge in [0.15, 0.2) is 11.0 Å². The number of alkyl halides is 3. The van der Waals surface area contributed by atoms with Gasteiger partial charge in [0.05, 0.1) is 27.7 Å². The second kappa shape index (κ2) is 12.1. The van der Waals surface area contributed by atoms with Gasteiger partial charge in [0, 0.05) is 5.56 Å². The van der Waals surface area contributed by atoms with E-state index in [4.69, 9.17) is 0 Å². The van der Waals surface area contributed by atoms with Gasteiger partial charge in [0.25, 0.3) is 9.84 Å². The van der Waals surface area contributed by atoms with Crippen molar-refractivity contribution in [2.75, 3.05) is 16.0 Å². The number of thioether (sulfide) groups is 1. The molecule has 45 heavy (non-hydrogen) atoms. The Morgan fingerprint density at radius 3 is 2.42 bits per heavy atom. The number of aryl methyl sites for hydroxylation is 1. The number of aromatic nitrogens is 3. The summed E-state index contributed by atoms with van der Waals surface area (Å²) in [6.07, 6.45) is 1.22. The Kier molecular flexibility index (Phi) is 8.55. The molecule has 0 radical (unpaired) electrons. The van der Waals surface area contributed by atoms with Crippen LogP contribution in [0.25, 0.3) is 17.1 Å². The standard InChI is InChI=1S/C29H24F4N6O4S2/c1-16(2)21-10-4-17(3)12-24(21)39-25(40)14-44-28(39)36-27(41)35-23-11-5-18(13-22(23)30)26-34-15-38(37-26)19-6-8-20(9-7-19)45(42,43)29(31,32)33/h4-13,15-16H,14H2,1-3H3,(H,35,41). The van der Waals surface area contributed by atoms with Gasteiger partial charge >= 0.3 is 11.5 Å². The molecule has 2 heterocycles. The van der Waals surface area contributed by atoms with Crippen molar-refractivity contribution in [1.29, 1.82) is 0 Å². The van der Waals surface area contributed by atoms with Crippen molar-refractivity contribution in [3.8, 4) is 17.1 Å². The van der Waals surface area contributed by atoms with Crippen molar-refractivity contribution in [2.24, 2.45) is 4.99 Å². The zero-order valence-corrected chi connectivity index (χ0v) is 25.5. The zero-order valence-electron chi connectivity index (χ0n) is 23.8. The molecule has 3 amide bonds. The van der Waals surface area contributed by atoms with Crippen LogP contribution >= 0.6 is 11.8 Å². The third-order valence-electron chi connectivity index (χ3n) is 6.69. The molecular weight excluding hydrogens is 636 g/mol. The Hall–Kier alpha value is -4.57. The Balaban J connectivity index is 1.32. The molecule has 1 aliphatic heterocycles. The van der Waals surface area contributed by atoms with Gasteiger partial charge < -0.3 is 5.32 Å². The number of nitrogens with one attached hydrogen (secondary N) is 1. The van der Waals surface area contributed by atoms with Gasteiger partial charge in [-0.15, -0.1) is 5.10 Å². The number of benzene rings is 3. The number of hydrogen-bond donors (Lipinski definition) is 1. The second-order valence-electron chi connectivity index (χ2n) is 10.2. The lowest BCUT2D eigenvalue weighted by Crippen LogP contribution is -2.31. The minimum atomic E-state index is -5.51. The maximum absolute atomic E-state index is 15.0. The van der Waals surface area contributed by atoms with Gasteiger partial charge in [-0.3, -0.25) is 9.69 Å². The third kappa shape index (κ3) is 6.47. The highest BCUT2D eigenvalue weighted by Gasteiger charge is 2.46. The van der Waals surface area contributed by atoms with E-state index < -0.39 is 32.1 Å². The van der Waals surface area contributed by atoms with Crippen LogP contribution in [0.1, 0.15) is 30.9 Å². The highest BCUT2D eigenvalue weighted by Crippen LogP contribution is 2.35. The fourth-order valence-electron chi connectivity index (χ4n) is 4.43. The molecule has 0 bridgehead atoms. The summed E-state index contributed by atoms with van der Waals surface area (Å²) in [5, 5.41) is 6.73. The van der Waals surface area contributed by atoms with E-state index in [1.807, 2.05) is 39.0 Å².